The summed E-state index contributed by atoms with van der Waals surface area (Å²) < 4.78 is 3.78. The normalized spacial score (nSPS) is 11.1. The maximum atomic E-state index is 12.4. The first-order valence-electron chi connectivity index (χ1n) is 8.45. The lowest BCUT2D eigenvalue weighted by Crippen LogP contribution is -2.38. The van der Waals surface area contributed by atoms with E-state index in [-0.39, 0.29) is 23.6 Å². The van der Waals surface area contributed by atoms with Crippen LogP contribution in [0.2, 0.25) is 0 Å². The summed E-state index contributed by atoms with van der Waals surface area (Å²) in [6, 6.07) is 8.22. The molecule has 3 rings (SSSR count). The fourth-order valence-electron chi connectivity index (χ4n) is 2.72. The average Bonchev–Trinajstić information content (AvgIpc) is 3.07. The first-order chi connectivity index (χ1) is 12.9. The van der Waals surface area contributed by atoms with Crippen LogP contribution in [-0.2, 0) is 25.4 Å². The van der Waals surface area contributed by atoms with E-state index in [1.54, 1.807) is 18.8 Å². The molecule has 0 saturated heterocycles. The number of rotatable bonds is 6. The number of nitrogens with zero attached hydrogens (tertiary/aromatic N) is 4. The van der Waals surface area contributed by atoms with E-state index in [0.29, 0.717) is 6.54 Å². The van der Waals surface area contributed by atoms with Crippen molar-refractivity contribution >= 4 is 28.8 Å². The molecule has 0 aliphatic carbocycles. The number of benzene rings is 1. The number of aryl methyl sites for hydroxylation is 2. The number of hydrogen-bond donors (Lipinski definition) is 1. The Labute approximate surface area is 159 Å². The fourth-order valence-corrected chi connectivity index (χ4v) is 3.49. The highest BCUT2D eigenvalue weighted by Gasteiger charge is 2.15. The zero-order valence-corrected chi connectivity index (χ0v) is 16.2. The molecule has 3 aromatic rings. The number of nitrogens with one attached hydrogen (secondary N) is 1. The summed E-state index contributed by atoms with van der Waals surface area (Å²) in [5, 5.41) is 2.84. The van der Waals surface area contributed by atoms with Crippen molar-refractivity contribution in [2.24, 2.45) is 14.1 Å². The molecule has 0 unspecified atom stereocenters. The van der Waals surface area contributed by atoms with Gasteiger partial charge in [0, 0.05) is 31.3 Å². The van der Waals surface area contributed by atoms with E-state index in [0.717, 1.165) is 15.2 Å². The molecular weight excluding hydrogens is 366 g/mol. The predicted molar refractivity (Wildman–Crippen MR) is 105 cm³/mol. The molecule has 0 aliphatic heterocycles. The van der Waals surface area contributed by atoms with Crippen LogP contribution in [0.15, 0.2) is 45.1 Å². The van der Waals surface area contributed by atoms with Crippen molar-refractivity contribution in [1.82, 2.24) is 24.0 Å². The van der Waals surface area contributed by atoms with E-state index < -0.39 is 11.2 Å². The van der Waals surface area contributed by atoms with Gasteiger partial charge in [-0.15, -0.1) is 11.8 Å². The van der Waals surface area contributed by atoms with Gasteiger partial charge in [0.05, 0.1) is 6.33 Å². The third-order valence-corrected chi connectivity index (χ3v) is 5.26. The van der Waals surface area contributed by atoms with Crippen LogP contribution < -0.4 is 16.6 Å². The SMILES string of the molecule is Cc1ccc(SCCNC(=O)Cn2cnc3c2c(=O)n(C)c(=O)n3C)cc1. The Hall–Kier alpha value is -2.81. The Morgan fingerprint density at radius 1 is 1.15 bits per heavy atom. The molecule has 0 radical (unpaired) electrons. The van der Waals surface area contributed by atoms with Crippen molar-refractivity contribution in [3.63, 3.8) is 0 Å². The molecule has 0 aliphatic rings. The van der Waals surface area contributed by atoms with E-state index >= 15 is 0 Å². The Morgan fingerprint density at radius 2 is 1.85 bits per heavy atom. The number of carbonyl (C=O) groups excluding carboxylic acids is 1. The predicted octanol–water partition coefficient (Wildman–Crippen LogP) is 0.651. The zero-order chi connectivity index (χ0) is 19.6. The van der Waals surface area contributed by atoms with Crippen LogP contribution in [0.3, 0.4) is 0 Å². The molecule has 2 heterocycles. The second kappa shape index (κ2) is 7.83. The molecule has 2 aromatic heterocycles. The summed E-state index contributed by atoms with van der Waals surface area (Å²) >= 11 is 1.66. The third-order valence-electron chi connectivity index (χ3n) is 4.25. The maximum Gasteiger partial charge on any atom is 0.332 e. The summed E-state index contributed by atoms with van der Waals surface area (Å²) in [5.41, 5.74) is 0.808. The van der Waals surface area contributed by atoms with Crippen LogP contribution >= 0.6 is 11.8 Å². The van der Waals surface area contributed by atoms with E-state index in [1.807, 2.05) is 6.92 Å². The number of amides is 1. The standard InChI is InChI=1S/C18H21N5O3S/c1-12-4-6-13(7-5-12)27-9-8-19-14(24)10-23-11-20-16-15(23)17(25)22(3)18(26)21(16)2/h4-7,11H,8-10H2,1-3H3,(H,19,24). The number of fused-ring (bicyclic) bond motifs is 1. The van der Waals surface area contributed by atoms with Gasteiger partial charge in [-0.05, 0) is 19.1 Å². The minimum absolute atomic E-state index is 0.0286. The largest absolute Gasteiger partial charge is 0.354 e. The monoisotopic (exact) mass is 387 g/mol. The van der Waals surface area contributed by atoms with E-state index in [4.69, 9.17) is 0 Å². The molecule has 1 amide bonds. The van der Waals surface area contributed by atoms with Crippen LogP contribution in [0.1, 0.15) is 5.56 Å². The Balaban J connectivity index is 1.62. The van der Waals surface area contributed by atoms with Crippen LogP contribution in [-0.4, -0.2) is 36.9 Å². The first kappa shape index (κ1) is 19.0. The minimum atomic E-state index is -0.465. The molecular formula is C18H21N5O3S. The maximum absolute atomic E-state index is 12.4. The highest BCUT2D eigenvalue weighted by Crippen LogP contribution is 2.17. The topological polar surface area (TPSA) is 90.9 Å². The highest BCUT2D eigenvalue weighted by molar-refractivity contribution is 7.99. The van der Waals surface area contributed by atoms with Gasteiger partial charge in [-0.2, -0.15) is 0 Å². The van der Waals surface area contributed by atoms with Crippen molar-refractivity contribution in [1.29, 1.82) is 0 Å². The van der Waals surface area contributed by atoms with Crippen molar-refractivity contribution in [2.45, 2.75) is 18.4 Å². The molecule has 0 fully saturated rings. The van der Waals surface area contributed by atoms with E-state index in [2.05, 4.69) is 34.6 Å². The molecule has 0 atom stereocenters. The summed E-state index contributed by atoms with van der Waals surface area (Å²) in [6.07, 6.45) is 1.41. The number of aromatic nitrogens is 4. The zero-order valence-electron chi connectivity index (χ0n) is 15.4. The minimum Gasteiger partial charge on any atom is -0.354 e. The Morgan fingerprint density at radius 3 is 2.56 bits per heavy atom. The lowest BCUT2D eigenvalue weighted by atomic mass is 10.2. The van der Waals surface area contributed by atoms with Crippen molar-refractivity contribution in [3.05, 3.63) is 57.0 Å². The summed E-state index contributed by atoms with van der Waals surface area (Å²) in [7, 11) is 2.95. The van der Waals surface area contributed by atoms with Crippen LogP contribution in [0.5, 0.6) is 0 Å². The molecule has 0 bridgehead atoms. The van der Waals surface area contributed by atoms with Crippen molar-refractivity contribution < 1.29 is 4.79 Å². The number of thioether (sulfide) groups is 1. The molecule has 0 saturated carbocycles. The van der Waals surface area contributed by atoms with Crippen molar-refractivity contribution in [3.8, 4) is 0 Å². The van der Waals surface area contributed by atoms with E-state index in [9.17, 15) is 14.4 Å². The van der Waals surface area contributed by atoms with Gasteiger partial charge >= 0.3 is 5.69 Å². The average molecular weight is 387 g/mol. The molecule has 9 heteroatoms. The number of carbonyl (C=O) groups is 1. The molecule has 8 nitrogen and oxygen atoms in total. The van der Waals surface area contributed by atoms with Crippen LogP contribution in [0.4, 0.5) is 0 Å². The van der Waals surface area contributed by atoms with Gasteiger partial charge in [0.25, 0.3) is 5.56 Å². The smallest absolute Gasteiger partial charge is 0.332 e. The van der Waals surface area contributed by atoms with Gasteiger partial charge in [0.1, 0.15) is 6.54 Å². The van der Waals surface area contributed by atoms with Gasteiger partial charge in [-0.3, -0.25) is 18.7 Å². The lowest BCUT2D eigenvalue weighted by Gasteiger charge is -2.08. The number of hydrogen-bond acceptors (Lipinski definition) is 5. The summed E-state index contributed by atoms with van der Waals surface area (Å²) in [6.45, 7) is 2.53. The van der Waals surface area contributed by atoms with Crippen LogP contribution in [0, 0.1) is 6.92 Å². The van der Waals surface area contributed by atoms with Gasteiger partial charge in [-0.1, -0.05) is 17.7 Å². The van der Waals surface area contributed by atoms with Gasteiger partial charge in [-0.25, -0.2) is 9.78 Å². The molecule has 0 spiro atoms. The first-order valence-corrected chi connectivity index (χ1v) is 9.44. The summed E-state index contributed by atoms with van der Waals surface area (Å²) in [5.74, 6) is 0.533. The molecule has 27 heavy (non-hydrogen) atoms. The van der Waals surface area contributed by atoms with Gasteiger partial charge in [0.15, 0.2) is 11.2 Å². The fraction of sp³-hybridized carbons (Fsp3) is 0.333. The second-order valence-electron chi connectivity index (χ2n) is 6.26. The van der Waals surface area contributed by atoms with Crippen LogP contribution in [0.25, 0.3) is 11.2 Å². The van der Waals surface area contributed by atoms with E-state index in [1.165, 1.54) is 28.1 Å². The van der Waals surface area contributed by atoms with Gasteiger partial charge in [0.2, 0.25) is 5.91 Å². The molecule has 142 valence electrons. The Kier molecular flexibility index (Phi) is 5.50. The summed E-state index contributed by atoms with van der Waals surface area (Å²) in [4.78, 5) is 41.8. The van der Waals surface area contributed by atoms with Crippen molar-refractivity contribution in [2.75, 3.05) is 12.3 Å². The number of imidazole rings is 1. The quantitative estimate of drug-likeness (QED) is 0.495. The Bertz CT molecular complexity index is 1100. The van der Waals surface area contributed by atoms with Gasteiger partial charge < -0.3 is 9.88 Å². The molecule has 1 aromatic carbocycles. The highest BCUT2D eigenvalue weighted by atomic mass is 32.2. The lowest BCUT2D eigenvalue weighted by molar-refractivity contribution is -0.121. The third kappa shape index (κ3) is 3.97. The second-order valence-corrected chi connectivity index (χ2v) is 7.43. The molecule has 1 N–H and O–H groups in total.